The molecular formula is C8H10BrFN2. The van der Waals surface area contributed by atoms with E-state index >= 15 is 0 Å². The zero-order chi connectivity index (χ0) is 9.14. The molecule has 0 radical (unpaired) electrons. The summed E-state index contributed by atoms with van der Waals surface area (Å²) in [4.78, 5) is 0. The van der Waals surface area contributed by atoms with E-state index < -0.39 is 0 Å². The number of rotatable bonds is 2. The SMILES string of the molecule is CNc1ccc(CN)c(Br)c1F. The smallest absolute Gasteiger partial charge is 0.160 e. The van der Waals surface area contributed by atoms with Gasteiger partial charge in [0.05, 0.1) is 10.2 Å². The minimum atomic E-state index is -0.291. The van der Waals surface area contributed by atoms with E-state index in [1.165, 1.54) is 0 Å². The first-order valence-corrected chi connectivity index (χ1v) is 4.34. The van der Waals surface area contributed by atoms with Crippen LogP contribution in [0.1, 0.15) is 5.56 Å². The van der Waals surface area contributed by atoms with Crippen molar-refractivity contribution in [3.8, 4) is 0 Å². The summed E-state index contributed by atoms with van der Waals surface area (Å²) >= 11 is 3.14. The standard InChI is InChI=1S/C8H10BrFN2/c1-12-6-3-2-5(4-11)7(9)8(6)10/h2-3,12H,4,11H2,1H3. The van der Waals surface area contributed by atoms with Gasteiger partial charge < -0.3 is 11.1 Å². The molecule has 66 valence electrons. The number of halogens is 2. The van der Waals surface area contributed by atoms with Crippen molar-refractivity contribution in [1.82, 2.24) is 0 Å². The Bertz CT molecular complexity index is 260. The van der Waals surface area contributed by atoms with E-state index in [0.29, 0.717) is 16.7 Å². The molecule has 0 aromatic heterocycles. The van der Waals surface area contributed by atoms with Crippen LogP contribution in [0.5, 0.6) is 0 Å². The number of hydrogen-bond acceptors (Lipinski definition) is 2. The van der Waals surface area contributed by atoms with Crippen LogP contribution < -0.4 is 11.1 Å². The first-order chi connectivity index (χ1) is 5.70. The van der Waals surface area contributed by atoms with Crippen molar-refractivity contribution >= 4 is 21.6 Å². The third-order valence-corrected chi connectivity index (χ3v) is 2.51. The lowest BCUT2D eigenvalue weighted by Gasteiger charge is -2.07. The second kappa shape index (κ2) is 3.87. The lowest BCUT2D eigenvalue weighted by atomic mass is 10.2. The van der Waals surface area contributed by atoms with E-state index in [1.54, 1.807) is 19.2 Å². The van der Waals surface area contributed by atoms with Crippen molar-refractivity contribution in [1.29, 1.82) is 0 Å². The Morgan fingerprint density at radius 2 is 2.25 bits per heavy atom. The van der Waals surface area contributed by atoms with Crippen molar-refractivity contribution < 1.29 is 4.39 Å². The van der Waals surface area contributed by atoms with E-state index in [9.17, 15) is 4.39 Å². The average molecular weight is 233 g/mol. The monoisotopic (exact) mass is 232 g/mol. The predicted molar refractivity (Wildman–Crippen MR) is 51.5 cm³/mol. The Morgan fingerprint density at radius 3 is 2.75 bits per heavy atom. The van der Waals surface area contributed by atoms with Crippen LogP contribution in [-0.2, 0) is 6.54 Å². The molecule has 1 aromatic carbocycles. The highest BCUT2D eigenvalue weighted by molar-refractivity contribution is 9.10. The van der Waals surface area contributed by atoms with Crippen LogP contribution >= 0.6 is 15.9 Å². The Kier molecular flexibility index (Phi) is 3.05. The molecule has 0 aliphatic rings. The maximum Gasteiger partial charge on any atom is 0.160 e. The topological polar surface area (TPSA) is 38.0 Å². The van der Waals surface area contributed by atoms with Crippen LogP contribution in [-0.4, -0.2) is 7.05 Å². The van der Waals surface area contributed by atoms with Crippen LogP contribution in [0.4, 0.5) is 10.1 Å². The van der Waals surface area contributed by atoms with Crippen LogP contribution in [0.15, 0.2) is 16.6 Å². The summed E-state index contributed by atoms with van der Waals surface area (Å²) < 4.78 is 13.7. The Hall–Kier alpha value is -0.610. The molecule has 1 aromatic rings. The highest BCUT2D eigenvalue weighted by Crippen LogP contribution is 2.26. The van der Waals surface area contributed by atoms with Crippen LogP contribution in [0.3, 0.4) is 0 Å². The minimum Gasteiger partial charge on any atom is -0.386 e. The molecule has 0 unspecified atom stereocenters. The number of hydrogen-bond donors (Lipinski definition) is 2. The highest BCUT2D eigenvalue weighted by Gasteiger charge is 2.08. The molecular weight excluding hydrogens is 223 g/mol. The van der Waals surface area contributed by atoms with Crippen LogP contribution in [0, 0.1) is 5.82 Å². The fraction of sp³-hybridized carbons (Fsp3) is 0.250. The number of nitrogens with one attached hydrogen (secondary N) is 1. The highest BCUT2D eigenvalue weighted by atomic mass is 79.9. The summed E-state index contributed by atoms with van der Waals surface area (Å²) in [6.07, 6.45) is 0. The molecule has 0 heterocycles. The molecule has 0 saturated carbocycles. The molecule has 0 saturated heterocycles. The van der Waals surface area contributed by atoms with Crippen LogP contribution in [0.2, 0.25) is 0 Å². The van der Waals surface area contributed by atoms with Gasteiger partial charge >= 0.3 is 0 Å². The summed E-state index contributed by atoms with van der Waals surface area (Å²) in [6, 6.07) is 3.46. The van der Waals surface area contributed by atoms with E-state index in [0.717, 1.165) is 5.56 Å². The van der Waals surface area contributed by atoms with Crippen molar-refractivity contribution in [2.45, 2.75) is 6.54 Å². The number of nitrogens with two attached hydrogens (primary N) is 1. The van der Waals surface area contributed by atoms with Gasteiger partial charge in [0.2, 0.25) is 0 Å². The second-order valence-electron chi connectivity index (χ2n) is 2.35. The molecule has 1 rings (SSSR count). The zero-order valence-corrected chi connectivity index (χ0v) is 8.28. The second-order valence-corrected chi connectivity index (χ2v) is 3.15. The van der Waals surface area contributed by atoms with Gasteiger partial charge in [-0.15, -0.1) is 0 Å². The first-order valence-electron chi connectivity index (χ1n) is 3.55. The van der Waals surface area contributed by atoms with Gasteiger partial charge in [0, 0.05) is 13.6 Å². The Labute approximate surface area is 79.1 Å². The van der Waals surface area contributed by atoms with Crippen LogP contribution in [0.25, 0.3) is 0 Å². The van der Waals surface area contributed by atoms with Crippen molar-refractivity contribution in [3.63, 3.8) is 0 Å². The molecule has 0 bridgehead atoms. The lowest BCUT2D eigenvalue weighted by Crippen LogP contribution is -2.01. The molecule has 3 N–H and O–H groups in total. The maximum absolute atomic E-state index is 13.3. The van der Waals surface area contributed by atoms with Gasteiger partial charge in [0.15, 0.2) is 5.82 Å². The summed E-state index contributed by atoms with van der Waals surface area (Å²) in [7, 11) is 1.67. The third-order valence-electron chi connectivity index (χ3n) is 1.65. The fourth-order valence-corrected chi connectivity index (χ4v) is 1.45. The maximum atomic E-state index is 13.3. The minimum absolute atomic E-state index is 0.291. The summed E-state index contributed by atoms with van der Waals surface area (Å²) in [5.41, 5.74) is 6.64. The van der Waals surface area contributed by atoms with E-state index in [-0.39, 0.29) is 5.82 Å². The van der Waals surface area contributed by atoms with Gasteiger partial charge in [0.1, 0.15) is 0 Å². The van der Waals surface area contributed by atoms with Gasteiger partial charge in [0.25, 0.3) is 0 Å². The van der Waals surface area contributed by atoms with Crippen molar-refractivity contribution in [3.05, 3.63) is 28.0 Å². The van der Waals surface area contributed by atoms with Crippen molar-refractivity contribution in [2.75, 3.05) is 12.4 Å². The molecule has 0 fully saturated rings. The van der Waals surface area contributed by atoms with Gasteiger partial charge in [-0.2, -0.15) is 0 Å². The average Bonchev–Trinajstić information content (AvgIpc) is 2.10. The zero-order valence-electron chi connectivity index (χ0n) is 6.70. The quantitative estimate of drug-likeness (QED) is 0.820. The Morgan fingerprint density at radius 1 is 1.58 bits per heavy atom. The molecule has 0 amide bonds. The lowest BCUT2D eigenvalue weighted by molar-refractivity contribution is 0.622. The molecule has 0 aliphatic carbocycles. The van der Waals surface area contributed by atoms with Gasteiger partial charge in [-0.3, -0.25) is 0 Å². The predicted octanol–water partition coefficient (Wildman–Crippen LogP) is 2.09. The van der Waals surface area contributed by atoms with Gasteiger partial charge in [-0.05, 0) is 27.6 Å². The number of benzene rings is 1. The molecule has 4 heteroatoms. The van der Waals surface area contributed by atoms with Crippen molar-refractivity contribution in [2.24, 2.45) is 5.73 Å². The molecule has 0 atom stereocenters. The molecule has 2 nitrogen and oxygen atoms in total. The molecule has 0 spiro atoms. The first kappa shape index (κ1) is 9.48. The van der Waals surface area contributed by atoms with Gasteiger partial charge in [-0.25, -0.2) is 4.39 Å². The van der Waals surface area contributed by atoms with E-state index in [4.69, 9.17) is 5.73 Å². The Balaban J connectivity index is 3.20. The molecule has 12 heavy (non-hydrogen) atoms. The summed E-state index contributed by atoms with van der Waals surface area (Å²) in [6.45, 7) is 0.335. The van der Waals surface area contributed by atoms with E-state index in [2.05, 4.69) is 21.2 Å². The fourth-order valence-electron chi connectivity index (χ4n) is 0.940. The summed E-state index contributed by atoms with van der Waals surface area (Å²) in [5, 5.41) is 2.74. The largest absolute Gasteiger partial charge is 0.386 e. The summed E-state index contributed by atoms with van der Waals surface area (Å²) in [5.74, 6) is -0.291. The third kappa shape index (κ3) is 1.59. The number of anilines is 1. The normalized spacial score (nSPS) is 10.0. The molecule has 0 aliphatic heterocycles. The van der Waals surface area contributed by atoms with E-state index in [1.807, 2.05) is 0 Å². The van der Waals surface area contributed by atoms with Gasteiger partial charge in [-0.1, -0.05) is 6.07 Å².